The molecule has 2 aromatic rings. The van der Waals surface area contributed by atoms with Crippen molar-refractivity contribution in [2.24, 2.45) is 0 Å². The maximum absolute atomic E-state index is 13.8. The van der Waals surface area contributed by atoms with Crippen molar-refractivity contribution in [2.45, 2.75) is 24.9 Å². The fourth-order valence-electron chi connectivity index (χ4n) is 2.55. The average molecular weight is 306 g/mol. The van der Waals surface area contributed by atoms with Crippen molar-refractivity contribution in [3.63, 3.8) is 0 Å². The Bertz CT molecular complexity index is 793. The fourth-order valence-corrected chi connectivity index (χ4v) is 4.22. The minimum absolute atomic E-state index is 0.0622. The van der Waals surface area contributed by atoms with Crippen LogP contribution < -0.4 is 5.73 Å². The molecule has 3 rings (SSSR count). The summed E-state index contributed by atoms with van der Waals surface area (Å²) in [5.74, 6) is -0.606. The lowest BCUT2D eigenvalue weighted by Crippen LogP contribution is -2.26. The monoisotopic (exact) mass is 306 g/mol. The van der Waals surface area contributed by atoms with Crippen LogP contribution in [0.5, 0.6) is 0 Å². The molecule has 1 heterocycles. The molecule has 2 aromatic carbocycles. The van der Waals surface area contributed by atoms with Crippen LogP contribution in [-0.4, -0.2) is 12.7 Å². The number of sulfonamides is 1. The summed E-state index contributed by atoms with van der Waals surface area (Å²) in [6.45, 7) is 2.05. The molecule has 4 nitrogen and oxygen atoms in total. The van der Waals surface area contributed by atoms with Gasteiger partial charge in [0.25, 0.3) is 0 Å². The van der Waals surface area contributed by atoms with Gasteiger partial charge in [-0.1, -0.05) is 24.3 Å². The molecule has 0 amide bonds. The highest BCUT2D eigenvalue weighted by Gasteiger charge is 2.32. The lowest BCUT2D eigenvalue weighted by Gasteiger charge is -2.18. The van der Waals surface area contributed by atoms with Crippen molar-refractivity contribution in [2.75, 3.05) is 5.73 Å². The Labute approximate surface area is 123 Å². The number of fused-ring (bicyclic) bond motifs is 1. The Kier molecular flexibility index (Phi) is 3.22. The maximum Gasteiger partial charge on any atom is 0.244 e. The normalized spacial score (nSPS) is 15.1. The van der Waals surface area contributed by atoms with Crippen LogP contribution in [0.1, 0.15) is 16.7 Å². The summed E-state index contributed by atoms with van der Waals surface area (Å²) in [4.78, 5) is -0.0622. The van der Waals surface area contributed by atoms with Crippen molar-refractivity contribution < 1.29 is 12.8 Å². The third-order valence-electron chi connectivity index (χ3n) is 3.75. The van der Waals surface area contributed by atoms with E-state index in [2.05, 4.69) is 0 Å². The van der Waals surface area contributed by atoms with E-state index in [9.17, 15) is 12.8 Å². The molecule has 0 spiro atoms. The molecule has 110 valence electrons. The lowest BCUT2D eigenvalue weighted by atomic mass is 10.1. The zero-order chi connectivity index (χ0) is 15.2. The molecule has 0 saturated carbocycles. The molecule has 1 aliphatic heterocycles. The van der Waals surface area contributed by atoms with Crippen molar-refractivity contribution in [1.82, 2.24) is 4.31 Å². The summed E-state index contributed by atoms with van der Waals surface area (Å²) in [5, 5.41) is 0. The highest BCUT2D eigenvalue weighted by atomic mass is 32.2. The van der Waals surface area contributed by atoms with E-state index in [1.54, 1.807) is 0 Å². The van der Waals surface area contributed by atoms with Gasteiger partial charge in [-0.15, -0.1) is 0 Å². The Morgan fingerprint density at radius 2 is 1.71 bits per heavy atom. The molecule has 6 heteroatoms. The summed E-state index contributed by atoms with van der Waals surface area (Å²) in [6.07, 6.45) is 0. The van der Waals surface area contributed by atoms with Gasteiger partial charge in [0.15, 0.2) is 0 Å². The Morgan fingerprint density at radius 1 is 1.14 bits per heavy atom. The first-order chi connectivity index (χ1) is 9.89. The van der Waals surface area contributed by atoms with Gasteiger partial charge in [-0.2, -0.15) is 4.31 Å². The molecule has 0 aromatic heterocycles. The molecule has 0 atom stereocenters. The van der Waals surface area contributed by atoms with Gasteiger partial charge in [0.1, 0.15) is 5.82 Å². The second-order valence-electron chi connectivity index (χ2n) is 5.17. The Balaban J connectivity index is 2.04. The summed E-state index contributed by atoms with van der Waals surface area (Å²) in [5.41, 5.74) is 7.74. The number of nitrogens with zero attached hydrogens (tertiary/aromatic N) is 1. The molecule has 0 fully saturated rings. The fraction of sp³-hybridized carbons (Fsp3) is 0.200. The van der Waals surface area contributed by atoms with E-state index in [1.807, 2.05) is 24.3 Å². The maximum atomic E-state index is 13.8. The zero-order valence-corrected chi connectivity index (χ0v) is 12.3. The van der Waals surface area contributed by atoms with Gasteiger partial charge in [0.05, 0.1) is 4.90 Å². The van der Waals surface area contributed by atoms with E-state index in [-0.39, 0.29) is 16.1 Å². The second kappa shape index (κ2) is 4.82. The number of nitrogens with two attached hydrogens (primary N) is 1. The molecule has 0 unspecified atom stereocenters. The molecule has 0 saturated heterocycles. The molecule has 21 heavy (non-hydrogen) atoms. The number of nitrogen functional groups attached to an aromatic ring is 1. The predicted molar refractivity (Wildman–Crippen MR) is 78.4 cm³/mol. The van der Waals surface area contributed by atoms with Crippen LogP contribution in [0, 0.1) is 12.7 Å². The van der Waals surface area contributed by atoms with E-state index in [0.29, 0.717) is 13.1 Å². The summed E-state index contributed by atoms with van der Waals surface area (Å²) < 4.78 is 40.6. The first kappa shape index (κ1) is 14.0. The van der Waals surface area contributed by atoms with E-state index < -0.39 is 15.8 Å². The number of rotatable bonds is 2. The molecule has 1 aliphatic rings. The molecular weight excluding hydrogens is 291 g/mol. The average Bonchev–Trinajstić information content (AvgIpc) is 2.87. The van der Waals surface area contributed by atoms with Crippen molar-refractivity contribution >= 4 is 15.7 Å². The summed E-state index contributed by atoms with van der Waals surface area (Å²) >= 11 is 0. The topological polar surface area (TPSA) is 63.4 Å². The van der Waals surface area contributed by atoms with E-state index in [4.69, 9.17) is 5.73 Å². The van der Waals surface area contributed by atoms with Gasteiger partial charge in [-0.05, 0) is 30.2 Å². The van der Waals surface area contributed by atoms with Gasteiger partial charge in [0, 0.05) is 24.3 Å². The number of halogens is 1. The molecule has 0 bridgehead atoms. The van der Waals surface area contributed by atoms with Crippen LogP contribution in [0.15, 0.2) is 41.3 Å². The van der Waals surface area contributed by atoms with E-state index in [1.165, 1.54) is 17.3 Å². The Hall–Kier alpha value is -1.92. The number of benzene rings is 2. The number of hydrogen-bond acceptors (Lipinski definition) is 3. The smallest absolute Gasteiger partial charge is 0.244 e. The standard InChI is InChI=1S/C15H15FN2O2S/c1-10-14(16)6-13(17)7-15(10)21(19,20)18-8-11-4-2-3-5-12(11)9-18/h2-7H,8-9,17H2,1H3. The van der Waals surface area contributed by atoms with Gasteiger partial charge in [-0.25, -0.2) is 12.8 Å². The van der Waals surface area contributed by atoms with Crippen LogP contribution in [0.4, 0.5) is 10.1 Å². The quantitative estimate of drug-likeness (QED) is 0.867. The third-order valence-corrected chi connectivity index (χ3v) is 5.67. The zero-order valence-electron chi connectivity index (χ0n) is 11.5. The van der Waals surface area contributed by atoms with Crippen LogP contribution in [0.25, 0.3) is 0 Å². The minimum atomic E-state index is -3.77. The molecule has 0 aliphatic carbocycles. The first-order valence-electron chi connectivity index (χ1n) is 6.52. The highest BCUT2D eigenvalue weighted by Crippen LogP contribution is 2.31. The van der Waals surface area contributed by atoms with Crippen LogP contribution >= 0.6 is 0 Å². The van der Waals surface area contributed by atoms with Gasteiger partial charge in [0.2, 0.25) is 10.0 Å². The first-order valence-corrected chi connectivity index (χ1v) is 7.96. The number of anilines is 1. The van der Waals surface area contributed by atoms with Gasteiger partial charge >= 0.3 is 0 Å². The molecular formula is C15H15FN2O2S. The predicted octanol–water partition coefficient (Wildman–Crippen LogP) is 2.42. The summed E-state index contributed by atoms with van der Waals surface area (Å²) in [6, 6.07) is 10.00. The molecule has 0 radical (unpaired) electrons. The Morgan fingerprint density at radius 3 is 2.29 bits per heavy atom. The second-order valence-corrected chi connectivity index (χ2v) is 7.07. The minimum Gasteiger partial charge on any atom is -0.399 e. The largest absolute Gasteiger partial charge is 0.399 e. The van der Waals surface area contributed by atoms with Crippen molar-refractivity contribution in [1.29, 1.82) is 0 Å². The van der Waals surface area contributed by atoms with Gasteiger partial charge in [-0.3, -0.25) is 0 Å². The number of hydrogen-bond donors (Lipinski definition) is 1. The van der Waals surface area contributed by atoms with Crippen LogP contribution in [0.2, 0.25) is 0 Å². The van der Waals surface area contributed by atoms with E-state index >= 15 is 0 Å². The summed E-state index contributed by atoms with van der Waals surface area (Å²) in [7, 11) is -3.77. The SMILES string of the molecule is Cc1c(F)cc(N)cc1S(=O)(=O)N1Cc2ccccc2C1. The van der Waals surface area contributed by atoms with Gasteiger partial charge < -0.3 is 5.73 Å². The highest BCUT2D eigenvalue weighted by molar-refractivity contribution is 7.89. The lowest BCUT2D eigenvalue weighted by molar-refractivity contribution is 0.430. The van der Waals surface area contributed by atoms with Crippen LogP contribution in [0.3, 0.4) is 0 Å². The van der Waals surface area contributed by atoms with Crippen molar-refractivity contribution in [3.8, 4) is 0 Å². The molecule has 2 N–H and O–H groups in total. The van der Waals surface area contributed by atoms with Crippen molar-refractivity contribution in [3.05, 3.63) is 58.9 Å². The van der Waals surface area contributed by atoms with E-state index in [0.717, 1.165) is 17.2 Å². The third kappa shape index (κ3) is 2.30. The van der Waals surface area contributed by atoms with Crippen LogP contribution in [-0.2, 0) is 23.1 Å².